The minimum atomic E-state index is -2.52. The molecule has 0 aliphatic heterocycles. The molecule has 0 atom stereocenters. The van der Waals surface area contributed by atoms with Crippen LogP contribution in [0.15, 0.2) is 195 Å². The van der Waals surface area contributed by atoms with E-state index in [-0.39, 0.29) is 0 Å². The predicted octanol–water partition coefficient (Wildman–Crippen LogP) is 7.95. The zero-order valence-corrected chi connectivity index (χ0v) is 25.6. The first-order valence-electron chi connectivity index (χ1n) is 15.2. The molecule has 0 aliphatic carbocycles. The van der Waals surface area contributed by atoms with E-state index < -0.39 is 12.8 Å². The fourth-order valence-electron chi connectivity index (χ4n) is 6.87. The Hall–Kier alpha value is -5.04. The van der Waals surface area contributed by atoms with E-state index in [0.717, 1.165) is 11.9 Å². The molecule has 0 N–H and O–H groups in total. The van der Waals surface area contributed by atoms with Crippen LogP contribution in [-0.4, -0.2) is 9.55 Å². The van der Waals surface area contributed by atoms with Crippen LogP contribution in [0.3, 0.4) is 0 Å². The third kappa shape index (κ3) is 4.88. The summed E-state index contributed by atoms with van der Waals surface area (Å²) in [6.07, 6.45) is 5.18. The molecular weight excluding hydrogens is 551 g/mol. The van der Waals surface area contributed by atoms with Crippen LogP contribution in [-0.2, 0) is 11.7 Å². The summed E-state index contributed by atoms with van der Waals surface area (Å²) in [5, 5.41) is 4.15. The van der Waals surface area contributed by atoms with Crippen molar-refractivity contribution in [3.8, 4) is 0 Å². The SMILES string of the molecule is c1ccc(C(c2ccccc2)(c2ccccc2)n2cnc(C[PH](c3ccccc3)(c3ccccc3)c3ccccc3)c2)cc1. The Kier molecular flexibility index (Phi) is 7.76. The number of imidazole rings is 1. The first kappa shape index (κ1) is 27.8. The molecule has 0 fully saturated rings. The maximum atomic E-state index is 5.22. The van der Waals surface area contributed by atoms with Gasteiger partial charge in [0, 0.05) is 0 Å². The Bertz CT molecular complexity index is 1710. The Morgan fingerprint density at radius 3 is 1.09 bits per heavy atom. The van der Waals surface area contributed by atoms with Gasteiger partial charge >= 0.3 is 261 Å². The molecule has 0 saturated heterocycles. The summed E-state index contributed by atoms with van der Waals surface area (Å²) in [5.74, 6) is 0. The fraction of sp³-hybridized carbons (Fsp3) is 0.0488. The van der Waals surface area contributed by atoms with Crippen LogP contribution in [0.1, 0.15) is 22.4 Å². The van der Waals surface area contributed by atoms with Gasteiger partial charge in [-0.2, -0.15) is 0 Å². The molecule has 0 radical (unpaired) electrons. The van der Waals surface area contributed by atoms with E-state index >= 15 is 0 Å². The van der Waals surface area contributed by atoms with Crippen LogP contribution >= 0.6 is 7.26 Å². The van der Waals surface area contributed by atoms with E-state index in [1.54, 1.807) is 0 Å². The molecule has 3 heteroatoms. The van der Waals surface area contributed by atoms with Crippen molar-refractivity contribution >= 4 is 23.2 Å². The number of aromatic nitrogens is 2. The molecule has 2 nitrogen and oxygen atoms in total. The third-order valence-electron chi connectivity index (χ3n) is 8.84. The van der Waals surface area contributed by atoms with Crippen molar-refractivity contribution in [1.82, 2.24) is 9.55 Å². The molecule has 0 spiro atoms. The van der Waals surface area contributed by atoms with Gasteiger partial charge in [-0.3, -0.25) is 0 Å². The van der Waals surface area contributed by atoms with Gasteiger partial charge in [0.25, 0.3) is 0 Å². The van der Waals surface area contributed by atoms with Crippen molar-refractivity contribution in [3.63, 3.8) is 0 Å². The van der Waals surface area contributed by atoms with Gasteiger partial charge < -0.3 is 0 Å². The number of nitrogens with zero attached hydrogens (tertiary/aromatic N) is 2. The predicted molar refractivity (Wildman–Crippen MR) is 187 cm³/mol. The van der Waals surface area contributed by atoms with Crippen LogP contribution in [0.2, 0.25) is 0 Å². The summed E-state index contributed by atoms with van der Waals surface area (Å²) in [4.78, 5) is 5.22. The first-order valence-corrected chi connectivity index (χ1v) is 17.4. The molecule has 7 rings (SSSR count). The molecular formula is C41H35N2P. The average Bonchev–Trinajstić information content (AvgIpc) is 3.58. The topological polar surface area (TPSA) is 17.8 Å². The molecule has 1 aromatic heterocycles. The van der Waals surface area contributed by atoms with Gasteiger partial charge in [-0.15, -0.1) is 0 Å². The van der Waals surface area contributed by atoms with Gasteiger partial charge in [-0.1, -0.05) is 0 Å². The van der Waals surface area contributed by atoms with Crippen LogP contribution in [0, 0.1) is 0 Å². The van der Waals surface area contributed by atoms with E-state index in [0.29, 0.717) is 0 Å². The van der Waals surface area contributed by atoms with Crippen molar-refractivity contribution in [2.24, 2.45) is 0 Å². The number of benzene rings is 6. The molecule has 44 heavy (non-hydrogen) atoms. The summed E-state index contributed by atoms with van der Waals surface area (Å²) in [6, 6.07) is 65.7. The summed E-state index contributed by atoms with van der Waals surface area (Å²) >= 11 is 0. The molecule has 214 valence electrons. The number of rotatable bonds is 9. The van der Waals surface area contributed by atoms with Crippen molar-refractivity contribution in [2.75, 3.05) is 0 Å². The monoisotopic (exact) mass is 586 g/mol. The van der Waals surface area contributed by atoms with Gasteiger partial charge in [0.2, 0.25) is 0 Å². The van der Waals surface area contributed by atoms with Crippen LogP contribution < -0.4 is 15.9 Å². The summed E-state index contributed by atoms with van der Waals surface area (Å²) in [6.45, 7) is 0. The average molecular weight is 587 g/mol. The summed E-state index contributed by atoms with van der Waals surface area (Å²) in [5.41, 5.74) is 4.07. The first-order chi connectivity index (χ1) is 21.8. The standard InChI is InChI=1S/C41H35N2P/c1-7-19-34(20-8-1)41(35-21-9-2-10-22-35,36-23-11-3-12-24-36)43-31-37(42-33-43)32-44(38-25-13-4-14-26-38,39-27-15-5-16-28-39)40-29-17-6-18-30-40/h1-31,33,44H,32H2. The van der Waals surface area contributed by atoms with Gasteiger partial charge in [0.1, 0.15) is 0 Å². The minimum absolute atomic E-state index is 0.592. The van der Waals surface area contributed by atoms with Gasteiger partial charge in [-0.25, -0.2) is 0 Å². The fourth-order valence-corrected chi connectivity index (χ4v) is 11.5. The molecule has 0 amide bonds. The van der Waals surface area contributed by atoms with Crippen LogP contribution in [0.4, 0.5) is 0 Å². The number of hydrogen-bond donors (Lipinski definition) is 0. The van der Waals surface area contributed by atoms with Gasteiger partial charge in [0.15, 0.2) is 0 Å². The second-order valence-corrected chi connectivity index (χ2v) is 15.2. The molecule has 0 aliphatic rings. The molecule has 0 unspecified atom stereocenters. The quantitative estimate of drug-likeness (QED) is 0.124. The van der Waals surface area contributed by atoms with E-state index in [9.17, 15) is 0 Å². The molecule has 0 saturated carbocycles. The van der Waals surface area contributed by atoms with E-state index in [1.807, 2.05) is 6.33 Å². The molecule has 6 aromatic carbocycles. The Morgan fingerprint density at radius 1 is 0.432 bits per heavy atom. The molecule has 0 bridgehead atoms. The van der Waals surface area contributed by atoms with Crippen molar-refractivity contribution < 1.29 is 0 Å². The van der Waals surface area contributed by atoms with Crippen molar-refractivity contribution in [1.29, 1.82) is 0 Å². The Morgan fingerprint density at radius 2 is 0.750 bits per heavy atom. The zero-order chi connectivity index (χ0) is 29.7. The summed E-state index contributed by atoms with van der Waals surface area (Å²) in [7, 11) is -2.52. The van der Waals surface area contributed by atoms with Crippen LogP contribution in [0.25, 0.3) is 0 Å². The number of hydrogen-bond acceptors (Lipinski definition) is 1. The van der Waals surface area contributed by atoms with E-state index in [1.165, 1.54) is 32.6 Å². The Labute approximate surface area is 260 Å². The van der Waals surface area contributed by atoms with Gasteiger partial charge in [0.05, 0.1) is 0 Å². The normalized spacial score (nSPS) is 12.1. The molecule has 7 aromatic rings. The second-order valence-electron chi connectivity index (χ2n) is 11.3. The summed E-state index contributed by atoms with van der Waals surface area (Å²) < 4.78 is 2.34. The van der Waals surface area contributed by atoms with E-state index in [4.69, 9.17) is 4.98 Å². The molecule has 1 heterocycles. The van der Waals surface area contributed by atoms with Crippen molar-refractivity contribution in [3.05, 3.63) is 217 Å². The van der Waals surface area contributed by atoms with Gasteiger partial charge in [-0.05, 0) is 0 Å². The maximum absolute atomic E-state index is 5.22. The van der Waals surface area contributed by atoms with E-state index in [2.05, 4.69) is 193 Å². The third-order valence-corrected chi connectivity index (χ3v) is 13.7. The second kappa shape index (κ2) is 12.3. The zero-order valence-electron chi connectivity index (χ0n) is 24.6. The Balaban J connectivity index is 1.46. The van der Waals surface area contributed by atoms with Crippen molar-refractivity contribution in [2.45, 2.75) is 11.7 Å². The van der Waals surface area contributed by atoms with Crippen LogP contribution in [0.5, 0.6) is 0 Å².